The van der Waals surface area contributed by atoms with Gasteiger partial charge in [0.1, 0.15) is 11.5 Å². The summed E-state index contributed by atoms with van der Waals surface area (Å²) in [5.41, 5.74) is 3.76. The van der Waals surface area contributed by atoms with E-state index in [-0.39, 0.29) is 47.8 Å². The predicted molar refractivity (Wildman–Crippen MR) is 148 cm³/mol. The molecule has 0 aliphatic carbocycles. The highest BCUT2D eigenvalue weighted by atomic mass is 19.1. The third kappa shape index (κ3) is 4.56. The minimum Gasteiger partial charge on any atom is -0.341 e. The summed E-state index contributed by atoms with van der Waals surface area (Å²) in [4.78, 5) is 48.9. The molecule has 3 atom stereocenters. The molecule has 2 amide bonds. The Kier molecular flexibility index (Phi) is 6.36. The van der Waals surface area contributed by atoms with Crippen molar-refractivity contribution in [2.45, 2.75) is 51.6 Å². The number of aliphatic imine (C=N–C) groups is 1. The third-order valence-electron chi connectivity index (χ3n) is 8.46. The van der Waals surface area contributed by atoms with E-state index < -0.39 is 5.92 Å². The van der Waals surface area contributed by atoms with E-state index in [1.807, 2.05) is 34.1 Å². The fourth-order valence-corrected chi connectivity index (χ4v) is 6.60. The standard InChI is InChI=1S/C31H33FN4O3/c1-18(2)10-21(14-29(37)28-13-20-11-22(32)8-9-27(20)34(28)3)30(38)35-16-24-15-23(35)17-36(24)31(39)26-12-19-6-4-5-7-25(19)33-26/h4-9,11,13,18,21,23-24H,10,12,14-17H2,1-3H3/t21-,23+,24+/m1/s1. The monoisotopic (exact) mass is 528 g/mol. The van der Waals surface area contributed by atoms with Crippen LogP contribution in [0.1, 0.15) is 49.2 Å². The smallest absolute Gasteiger partial charge is 0.268 e. The highest BCUT2D eigenvalue weighted by Crippen LogP contribution is 2.35. The maximum absolute atomic E-state index is 13.8. The number of likely N-dealkylation sites (tertiary alicyclic amines) is 2. The topological polar surface area (TPSA) is 75.0 Å². The van der Waals surface area contributed by atoms with Gasteiger partial charge in [0.25, 0.3) is 5.91 Å². The molecule has 7 nitrogen and oxygen atoms in total. The number of piperazine rings is 1. The minimum absolute atomic E-state index is 0.00734. The average Bonchev–Trinajstić information content (AvgIpc) is 3.68. The molecule has 0 spiro atoms. The predicted octanol–water partition coefficient (Wildman–Crippen LogP) is 4.69. The van der Waals surface area contributed by atoms with Crippen molar-refractivity contribution in [1.29, 1.82) is 0 Å². The molecular weight excluding hydrogens is 495 g/mol. The van der Waals surface area contributed by atoms with Gasteiger partial charge in [0, 0.05) is 49.8 Å². The molecule has 4 heterocycles. The molecule has 2 aromatic carbocycles. The van der Waals surface area contributed by atoms with Gasteiger partial charge in [-0.1, -0.05) is 32.0 Å². The maximum Gasteiger partial charge on any atom is 0.268 e. The fraction of sp³-hybridized carbons (Fsp3) is 0.419. The largest absolute Gasteiger partial charge is 0.341 e. The molecule has 3 aliphatic heterocycles. The molecule has 0 unspecified atom stereocenters. The number of benzene rings is 2. The quantitative estimate of drug-likeness (QED) is 0.418. The van der Waals surface area contributed by atoms with Gasteiger partial charge in [0.2, 0.25) is 5.91 Å². The number of ketones is 1. The van der Waals surface area contributed by atoms with Crippen LogP contribution in [0.5, 0.6) is 0 Å². The second-order valence-corrected chi connectivity index (χ2v) is 11.6. The van der Waals surface area contributed by atoms with Crippen LogP contribution >= 0.6 is 0 Å². The molecule has 2 saturated heterocycles. The van der Waals surface area contributed by atoms with Crippen LogP contribution in [0.15, 0.2) is 53.5 Å². The average molecular weight is 529 g/mol. The number of carbonyl (C=O) groups is 3. The molecule has 0 N–H and O–H groups in total. The number of aromatic nitrogens is 1. The van der Waals surface area contributed by atoms with E-state index in [0.717, 1.165) is 23.2 Å². The van der Waals surface area contributed by atoms with Gasteiger partial charge in [0.15, 0.2) is 5.78 Å². The zero-order valence-corrected chi connectivity index (χ0v) is 22.6. The molecule has 3 aliphatic rings. The number of amides is 2. The lowest BCUT2D eigenvalue weighted by atomic mass is 9.90. The lowest BCUT2D eigenvalue weighted by molar-refractivity contribution is -0.140. The number of hydrogen-bond donors (Lipinski definition) is 0. The molecule has 0 radical (unpaired) electrons. The summed E-state index contributed by atoms with van der Waals surface area (Å²) in [6, 6.07) is 13.9. The Morgan fingerprint density at radius 1 is 1.03 bits per heavy atom. The number of nitrogens with zero attached hydrogens (tertiary/aromatic N) is 4. The first-order valence-electron chi connectivity index (χ1n) is 13.7. The Morgan fingerprint density at radius 3 is 2.49 bits per heavy atom. The molecule has 2 fully saturated rings. The highest BCUT2D eigenvalue weighted by Gasteiger charge is 2.49. The van der Waals surface area contributed by atoms with Gasteiger partial charge < -0.3 is 14.4 Å². The number of para-hydroxylation sites is 1. The summed E-state index contributed by atoms with van der Waals surface area (Å²) in [6.45, 7) is 5.11. The zero-order valence-electron chi connectivity index (χ0n) is 22.6. The van der Waals surface area contributed by atoms with Gasteiger partial charge in [-0.15, -0.1) is 0 Å². The number of hydrogen-bond acceptors (Lipinski definition) is 4. The van der Waals surface area contributed by atoms with Gasteiger partial charge in [-0.05, 0) is 54.7 Å². The Hall–Kier alpha value is -3.81. The molecule has 3 aromatic rings. The van der Waals surface area contributed by atoms with Gasteiger partial charge >= 0.3 is 0 Å². The molecule has 1 aromatic heterocycles. The molecule has 6 rings (SSSR count). The van der Waals surface area contributed by atoms with E-state index in [1.165, 1.54) is 12.1 Å². The molecule has 39 heavy (non-hydrogen) atoms. The van der Waals surface area contributed by atoms with Crippen LogP contribution in [0, 0.1) is 17.7 Å². The summed E-state index contributed by atoms with van der Waals surface area (Å²) >= 11 is 0. The van der Waals surface area contributed by atoms with E-state index in [2.05, 4.69) is 18.8 Å². The van der Waals surface area contributed by atoms with E-state index in [4.69, 9.17) is 0 Å². The van der Waals surface area contributed by atoms with Crippen LogP contribution in [-0.2, 0) is 23.1 Å². The first-order chi connectivity index (χ1) is 18.7. The first kappa shape index (κ1) is 25.5. The Bertz CT molecular complexity index is 1520. The highest BCUT2D eigenvalue weighted by molar-refractivity contribution is 6.41. The van der Waals surface area contributed by atoms with E-state index in [9.17, 15) is 18.8 Å². The first-order valence-corrected chi connectivity index (χ1v) is 13.7. The van der Waals surface area contributed by atoms with Crippen molar-refractivity contribution in [1.82, 2.24) is 14.4 Å². The third-order valence-corrected chi connectivity index (χ3v) is 8.46. The van der Waals surface area contributed by atoms with Crippen molar-refractivity contribution in [3.63, 3.8) is 0 Å². The van der Waals surface area contributed by atoms with Crippen LogP contribution < -0.4 is 0 Å². The summed E-state index contributed by atoms with van der Waals surface area (Å²) in [5, 5.41) is 0.671. The molecule has 8 heteroatoms. The van der Waals surface area contributed by atoms with Gasteiger partial charge in [-0.3, -0.25) is 14.4 Å². The lowest BCUT2D eigenvalue weighted by Crippen LogP contribution is -2.53. The SMILES string of the molecule is CC(C)C[C@H](CC(=O)c1cc2cc(F)ccc2n1C)C(=O)N1C[C@@H]2C[C@H]1CN2C(=O)C1=Nc2ccccc2C1. The fourth-order valence-electron chi connectivity index (χ4n) is 6.60. The minimum atomic E-state index is -0.440. The van der Waals surface area contributed by atoms with E-state index >= 15 is 0 Å². The van der Waals surface area contributed by atoms with Crippen molar-refractivity contribution in [3.05, 3.63) is 65.6 Å². The normalized spacial score (nSPS) is 20.6. The summed E-state index contributed by atoms with van der Waals surface area (Å²) in [6.07, 6.45) is 2.02. The lowest BCUT2D eigenvalue weighted by Gasteiger charge is -2.36. The van der Waals surface area contributed by atoms with Crippen molar-refractivity contribution < 1.29 is 18.8 Å². The van der Waals surface area contributed by atoms with Crippen LogP contribution in [0.3, 0.4) is 0 Å². The summed E-state index contributed by atoms with van der Waals surface area (Å²) < 4.78 is 15.5. The number of carbonyl (C=O) groups excluding carboxylic acids is 3. The maximum atomic E-state index is 13.8. The van der Waals surface area contributed by atoms with Crippen LogP contribution in [-0.4, -0.2) is 62.8 Å². The summed E-state index contributed by atoms with van der Waals surface area (Å²) in [5.74, 6) is -0.703. The van der Waals surface area contributed by atoms with Crippen molar-refractivity contribution in [2.24, 2.45) is 23.9 Å². The van der Waals surface area contributed by atoms with Gasteiger partial charge in [-0.2, -0.15) is 0 Å². The Morgan fingerprint density at radius 2 is 1.77 bits per heavy atom. The summed E-state index contributed by atoms with van der Waals surface area (Å²) in [7, 11) is 1.80. The van der Waals surface area contributed by atoms with Crippen molar-refractivity contribution in [2.75, 3.05) is 13.1 Å². The van der Waals surface area contributed by atoms with E-state index in [1.54, 1.807) is 23.7 Å². The zero-order chi connectivity index (χ0) is 27.4. The molecule has 202 valence electrons. The van der Waals surface area contributed by atoms with E-state index in [0.29, 0.717) is 42.7 Å². The van der Waals surface area contributed by atoms with Crippen LogP contribution in [0.25, 0.3) is 10.9 Å². The molecule has 0 saturated carbocycles. The number of fused-ring (bicyclic) bond motifs is 4. The van der Waals surface area contributed by atoms with Gasteiger partial charge in [-0.25, -0.2) is 9.38 Å². The van der Waals surface area contributed by atoms with Crippen molar-refractivity contribution >= 4 is 39.9 Å². The number of aryl methyl sites for hydroxylation is 1. The molecule has 2 bridgehead atoms. The Labute approximate surface area is 227 Å². The van der Waals surface area contributed by atoms with Crippen molar-refractivity contribution in [3.8, 4) is 0 Å². The number of halogens is 1. The van der Waals surface area contributed by atoms with Crippen LogP contribution in [0.4, 0.5) is 10.1 Å². The Balaban J connectivity index is 1.15. The number of rotatable bonds is 7. The second-order valence-electron chi connectivity index (χ2n) is 11.6. The second kappa shape index (κ2) is 9.74. The van der Waals surface area contributed by atoms with Gasteiger partial charge in [0.05, 0.1) is 23.5 Å². The number of Topliss-reactive ketones (excluding diaryl/α,β-unsaturated/α-hetero) is 1. The molecular formula is C31H33FN4O3. The van der Waals surface area contributed by atoms with Crippen LogP contribution in [0.2, 0.25) is 0 Å².